The normalized spacial score (nSPS) is 13.2. The Kier molecular flexibility index (Phi) is 9.94. The summed E-state index contributed by atoms with van der Waals surface area (Å²) in [4.78, 5) is 0. The van der Waals surface area contributed by atoms with Gasteiger partial charge in [-0.3, -0.25) is 0 Å². The molecule has 0 bridgehead atoms. The second-order valence-corrected chi connectivity index (χ2v) is 3.82. The standard InChI is InChI=1S/C11H26N2/c1-4-7-12-8-6-9-13-10-11(3)5-2/h11-13H,4-10H2,1-3H3. The van der Waals surface area contributed by atoms with Gasteiger partial charge in [-0.05, 0) is 44.9 Å². The van der Waals surface area contributed by atoms with Gasteiger partial charge in [-0.2, -0.15) is 0 Å². The maximum atomic E-state index is 3.47. The van der Waals surface area contributed by atoms with Gasteiger partial charge in [0.15, 0.2) is 0 Å². The predicted octanol–water partition coefficient (Wildman–Crippen LogP) is 2.01. The lowest BCUT2D eigenvalue weighted by molar-refractivity contribution is 0.490. The van der Waals surface area contributed by atoms with Crippen LogP contribution in [0.1, 0.15) is 40.0 Å². The van der Waals surface area contributed by atoms with Gasteiger partial charge in [0.1, 0.15) is 0 Å². The highest BCUT2D eigenvalue weighted by Crippen LogP contribution is 1.96. The van der Waals surface area contributed by atoms with Crippen molar-refractivity contribution in [3.8, 4) is 0 Å². The Morgan fingerprint density at radius 3 is 2.31 bits per heavy atom. The average molecular weight is 186 g/mol. The molecule has 0 aliphatic rings. The van der Waals surface area contributed by atoms with Crippen LogP contribution in [-0.4, -0.2) is 26.2 Å². The van der Waals surface area contributed by atoms with Crippen LogP contribution in [0.3, 0.4) is 0 Å². The third-order valence-electron chi connectivity index (χ3n) is 2.32. The minimum Gasteiger partial charge on any atom is -0.317 e. The van der Waals surface area contributed by atoms with Crippen molar-refractivity contribution in [2.24, 2.45) is 5.92 Å². The van der Waals surface area contributed by atoms with Crippen LogP contribution >= 0.6 is 0 Å². The summed E-state index contributed by atoms with van der Waals surface area (Å²) in [6.07, 6.45) is 3.76. The fourth-order valence-corrected chi connectivity index (χ4v) is 1.13. The highest BCUT2D eigenvalue weighted by atomic mass is 14.9. The van der Waals surface area contributed by atoms with Crippen molar-refractivity contribution < 1.29 is 0 Å². The zero-order valence-corrected chi connectivity index (χ0v) is 9.53. The summed E-state index contributed by atoms with van der Waals surface area (Å²) >= 11 is 0. The number of nitrogens with one attached hydrogen (secondary N) is 2. The molecule has 80 valence electrons. The summed E-state index contributed by atoms with van der Waals surface area (Å²) < 4.78 is 0. The van der Waals surface area contributed by atoms with Crippen molar-refractivity contribution in [2.45, 2.75) is 40.0 Å². The van der Waals surface area contributed by atoms with Crippen molar-refractivity contribution in [3.05, 3.63) is 0 Å². The Hall–Kier alpha value is -0.0800. The fraction of sp³-hybridized carbons (Fsp3) is 1.00. The fourth-order valence-electron chi connectivity index (χ4n) is 1.13. The van der Waals surface area contributed by atoms with Gasteiger partial charge in [-0.1, -0.05) is 27.2 Å². The molecule has 0 aromatic heterocycles. The zero-order valence-electron chi connectivity index (χ0n) is 9.53. The maximum absolute atomic E-state index is 3.47. The molecular weight excluding hydrogens is 160 g/mol. The minimum absolute atomic E-state index is 0.823. The highest BCUT2D eigenvalue weighted by Gasteiger charge is 1.96. The predicted molar refractivity (Wildman–Crippen MR) is 60.1 cm³/mol. The summed E-state index contributed by atoms with van der Waals surface area (Å²) in [7, 11) is 0. The molecule has 0 aromatic rings. The lowest BCUT2D eigenvalue weighted by Gasteiger charge is -2.09. The van der Waals surface area contributed by atoms with Gasteiger partial charge in [0, 0.05) is 0 Å². The van der Waals surface area contributed by atoms with Crippen LogP contribution in [0.15, 0.2) is 0 Å². The molecule has 0 aromatic carbocycles. The number of hydrogen-bond acceptors (Lipinski definition) is 2. The van der Waals surface area contributed by atoms with E-state index in [9.17, 15) is 0 Å². The van der Waals surface area contributed by atoms with Crippen molar-refractivity contribution in [3.63, 3.8) is 0 Å². The van der Waals surface area contributed by atoms with Crippen LogP contribution in [0.2, 0.25) is 0 Å². The Morgan fingerprint density at radius 2 is 1.69 bits per heavy atom. The van der Waals surface area contributed by atoms with E-state index in [0.29, 0.717) is 0 Å². The van der Waals surface area contributed by atoms with E-state index in [1.807, 2.05) is 0 Å². The molecule has 1 unspecified atom stereocenters. The molecule has 0 amide bonds. The van der Waals surface area contributed by atoms with Crippen molar-refractivity contribution in [2.75, 3.05) is 26.2 Å². The third kappa shape index (κ3) is 9.84. The first-order chi connectivity index (χ1) is 6.31. The second-order valence-electron chi connectivity index (χ2n) is 3.82. The van der Waals surface area contributed by atoms with Crippen molar-refractivity contribution in [1.82, 2.24) is 10.6 Å². The van der Waals surface area contributed by atoms with Gasteiger partial charge in [0.05, 0.1) is 0 Å². The Balaban J connectivity index is 2.91. The molecule has 13 heavy (non-hydrogen) atoms. The SMILES string of the molecule is CCCNCCCNCC(C)CC. The molecule has 0 aliphatic carbocycles. The van der Waals surface area contributed by atoms with E-state index in [4.69, 9.17) is 0 Å². The van der Waals surface area contributed by atoms with Crippen LogP contribution < -0.4 is 10.6 Å². The first-order valence-corrected chi connectivity index (χ1v) is 5.72. The molecule has 0 rings (SSSR count). The topological polar surface area (TPSA) is 24.1 Å². The van der Waals surface area contributed by atoms with Crippen molar-refractivity contribution in [1.29, 1.82) is 0 Å². The monoisotopic (exact) mass is 186 g/mol. The van der Waals surface area contributed by atoms with Crippen LogP contribution in [0.4, 0.5) is 0 Å². The molecule has 0 saturated carbocycles. The quantitative estimate of drug-likeness (QED) is 0.538. The molecule has 0 heterocycles. The molecule has 0 radical (unpaired) electrons. The largest absolute Gasteiger partial charge is 0.317 e. The van der Waals surface area contributed by atoms with Crippen LogP contribution in [0, 0.1) is 5.92 Å². The van der Waals surface area contributed by atoms with Crippen LogP contribution in [0.5, 0.6) is 0 Å². The molecule has 0 aliphatic heterocycles. The molecule has 0 saturated heterocycles. The van der Waals surface area contributed by atoms with E-state index in [-0.39, 0.29) is 0 Å². The Morgan fingerprint density at radius 1 is 1.00 bits per heavy atom. The highest BCUT2D eigenvalue weighted by molar-refractivity contribution is 4.55. The van der Waals surface area contributed by atoms with E-state index in [2.05, 4.69) is 31.4 Å². The molecule has 2 N–H and O–H groups in total. The minimum atomic E-state index is 0.823. The molecule has 1 atom stereocenters. The summed E-state index contributed by atoms with van der Waals surface area (Å²) in [6, 6.07) is 0. The first kappa shape index (κ1) is 12.9. The lowest BCUT2D eigenvalue weighted by Crippen LogP contribution is -2.25. The smallest absolute Gasteiger partial charge is 0.00232 e. The average Bonchev–Trinajstić information content (AvgIpc) is 2.16. The van der Waals surface area contributed by atoms with Crippen molar-refractivity contribution >= 4 is 0 Å². The zero-order chi connectivity index (χ0) is 9.94. The van der Waals surface area contributed by atoms with Gasteiger partial charge in [-0.25, -0.2) is 0 Å². The number of rotatable bonds is 9. The van der Waals surface area contributed by atoms with Gasteiger partial charge >= 0.3 is 0 Å². The Labute approximate surface area is 83.5 Å². The van der Waals surface area contributed by atoms with Crippen LogP contribution in [-0.2, 0) is 0 Å². The van der Waals surface area contributed by atoms with Crippen LogP contribution in [0.25, 0.3) is 0 Å². The van der Waals surface area contributed by atoms with E-state index >= 15 is 0 Å². The maximum Gasteiger partial charge on any atom is -0.00232 e. The summed E-state index contributed by atoms with van der Waals surface area (Å²) in [5, 5.41) is 6.87. The second kappa shape index (κ2) is 10.0. The van der Waals surface area contributed by atoms with Gasteiger partial charge in [-0.15, -0.1) is 0 Å². The third-order valence-corrected chi connectivity index (χ3v) is 2.32. The summed E-state index contributed by atoms with van der Waals surface area (Å²) in [6.45, 7) is 11.4. The molecule has 2 nitrogen and oxygen atoms in total. The number of hydrogen-bond donors (Lipinski definition) is 2. The first-order valence-electron chi connectivity index (χ1n) is 5.72. The van der Waals surface area contributed by atoms with Gasteiger partial charge in [0.2, 0.25) is 0 Å². The van der Waals surface area contributed by atoms with E-state index < -0.39 is 0 Å². The van der Waals surface area contributed by atoms with E-state index in [1.165, 1.54) is 25.8 Å². The summed E-state index contributed by atoms with van der Waals surface area (Å²) in [5.41, 5.74) is 0. The molecule has 0 spiro atoms. The van der Waals surface area contributed by atoms with E-state index in [1.54, 1.807) is 0 Å². The molecular formula is C11H26N2. The lowest BCUT2D eigenvalue weighted by atomic mass is 10.1. The molecule has 2 heteroatoms. The van der Waals surface area contributed by atoms with E-state index in [0.717, 1.165) is 25.6 Å². The van der Waals surface area contributed by atoms with Gasteiger partial charge in [0.25, 0.3) is 0 Å². The Bertz CT molecular complexity index is 94.1. The van der Waals surface area contributed by atoms with Gasteiger partial charge < -0.3 is 10.6 Å². The summed E-state index contributed by atoms with van der Waals surface area (Å²) in [5.74, 6) is 0.823. The molecule has 0 fully saturated rings.